The number of aromatic amines is 1. The summed E-state index contributed by atoms with van der Waals surface area (Å²) in [7, 11) is 1.85. The molecular weight excluding hydrogens is 247 g/mol. The molecule has 0 aliphatic carbocycles. The monoisotopic (exact) mass is 256 g/mol. The van der Waals surface area contributed by atoms with E-state index < -0.39 is 0 Å². The van der Waals surface area contributed by atoms with E-state index in [1.807, 2.05) is 19.2 Å². The Bertz CT molecular complexity index is 470. The normalized spacial score (nSPS) is 12.7. The van der Waals surface area contributed by atoms with Crippen LogP contribution in [0, 0.1) is 0 Å². The van der Waals surface area contributed by atoms with Crippen molar-refractivity contribution >= 4 is 23.2 Å². The van der Waals surface area contributed by atoms with E-state index in [-0.39, 0.29) is 6.04 Å². The van der Waals surface area contributed by atoms with Crippen molar-refractivity contribution in [2.45, 2.75) is 6.04 Å². The lowest BCUT2D eigenvalue weighted by molar-refractivity contribution is 0.667. The van der Waals surface area contributed by atoms with Crippen LogP contribution in [0.2, 0.25) is 10.0 Å². The number of halogens is 2. The Balaban J connectivity index is 2.37. The van der Waals surface area contributed by atoms with E-state index in [1.165, 1.54) is 0 Å². The standard InChI is InChI=1S/C10H10Cl2N4/c1-13-10(9-5-14-16-15-9)6-2-3-7(11)8(12)4-6/h2-5,10,13H,1H3,(H,14,15,16). The van der Waals surface area contributed by atoms with E-state index in [2.05, 4.69) is 20.7 Å². The highest BCUT2D eigenvalue weighted by Gasteiger charge is 2.15. The van der Waals surface area contributed by atoms with Gasteiger partial charge >= 0.3 is 0 Å². The average Bonchev–Trinajstić information content (AvgIpc) is 2.78. The number of hydrogen-bond donors (Lipinski definition) is 2. The minimum absolute atomic E-state index is 0.0477. The van der Waals surface area contributed by atoms with Crippen LogP contribution in [0.1, 0.15) is 17.3 Å². The maximum absolute atomic E-state index is 5.97. The number of H-pyrrole nitrogens is 1. The summed E-state index contributed by atoms with van der Waals surface area (Å²) < 4.78 is 0. The first-order valence-corrected chi connectivity index (χ1v) is 5.46. The van der Waals surface area contributed by atoms with Crippen LogP contribution < -0.4 is 5.32 Å². The van der Waals surface area contributed by atoms with Gasteiger partial charge in [-0.25, -0.2) is 0 Å². The Morgan fingerprint density at radius 2 is 2.12 bits per heavy atom. The number of rotatable bonds is 3. The van der Waals surface area contributed by atoms with Crippen molar-refractivity contribution in [3.05, 3.63) is 45.7 Å². The Hall–Kier alpha value is -1.10. The molecule has 1 aromatic heterocycles. The second kappa shape index (κ2) is 4.82. The van der Waals surface area contributed by atoms with Crippen LogP contribution in [0.4, 0.5) is 0 Å². The van der Waals surface area contributed by atoms with Crippen LogP contribution in [0.25, 0.3) is 0 Å². The first kappa shape index (κ1) is 11.4. The van der Waals surface area contributed by atoms with Crippen molar-refractivity contribution in [2.24, 2.45) is 0 Å². The summed E-state index contributed by atoms with van der Waals surface area (Å²) in [6.07, 6.45) is 1.67. The number of benzene rings is 1. The van der Waals surface area contributed by atoms with Gasteiger partial charge < -0.3 is 5.32 Å². The Morgan fingerprint density at radius 3 is 2.69 bits per heavy atom. The maximum atomic E-state index is 5.97. The second-order valence-electron chi connectivity index (χ2n) is 3.29. The summed E-state index contributed by atoms with van der Waals surface area (Å²) in [6.45, 7) is 0. The first-order valence-electron chi connectivity index (χ1n) is 4.70. The Morgan fingerprint density at radius 1 is 1.31 bits per heavy atom. The number of nitrogens with one attached hydrogen (secondary N) is 2. The highest BCUT2D eigenvalue weighted by atomic mass is 35.5. The van der Waals surface area contributed by atoms with Gasteiger partial charge in [0.05, 0.1) is 22.3 Å². The smallest absolute Gasteiger partial charge is 0.104 e. The van der Waals surface area contributed by atoms with Gasteiger partial charge in [0, 0.05) is 0 Å². The molecule has 1 atom stereocenters. The van der Waals surface area contributed by atoms with E-state index in [1.54, 1.807) is 12.3 Å². The summed E-state index contributed by atoms with van der Waals surface area (Å²) in [5, 5.41) is 14.6. The predicted octanol–water partition coefficient (Wildman–Crippen LogP) is 2.42. The maximum Gasteiger partial charge on any atom is 0.104 e. The van der Waals surface area contributed by atoms with Crippen LogP contribution in [0.5, 0.6) is 0 Å². The third-order valence-corrected chi connectivity index (χ3v) is 3.03. The van der Waals surface area contributed by atoms with Crippen LogP contribution >= 0.6 is 23.2 Å². The van der Waals surface area contributed by atoms with Gasteiger partial charge in [-0.05, 0) is 24.7 Å². The van der Waals surface area contributed by atoms with E-state index >= 15 is 0 Å². The summed E-state index contributed by atoms with van der Waals surface area (Å²) in [6, 6.07) is 5.45. The molecule has 0 radical (unpaired) electrons. The highest BCUT2D eigenvalue weighted by molar-refractivity contribution is 6.42. The van der Waals surface area contributed by atoms with Gasteiger partial charge in [0.1, 0.15) is 5.69 Å². The molecule has 0 fully saturated rings. The van der Waals surface area contributed by atoms with Gasteiger partial charge in [-0.3, -0.25) is 0 Å². The van der Waals surface area contributed by atoms with Crippen LogP contribution in [-0.4, -0.2) is 22.5 Å². The summed E-state index contributed by atoms with van der Waals surface area (Å²) in [4.78, 5) is 0. The number of nitrogens with zero attached hydrogens (tertiary/aromatic N) is 2. The summed E-state index contributed by atoms with van der Waals surface area (Å²) in [5.74, 6) is 0. The average molecular weight is 257 g/mol. The molecule has 0 saturated carbocycles. The third-order valence-electron chi connectivity index (χ3n) is 2.30. The topological polar surface area (TPSA) is 53.6 Å². The lowest BCUT2D eigenvalue weighted by Gasteiger charge is -2.14. The molecule has 0 saturated heterocycles. The zero-order valence-corrected chi connectivity index (χ0v) is 10.0. The summed E-state index contributed by atoms with van der Waals surface area (Å²) in [5.41, 5.74) is 1.80. The molecule has 1 heterocycles. The molecule has 0 amide bonds. The van der Waals surface area contributed by atoms with Crippen molar-refractivity contribution in [1.82, 2.24) is 20.7 Å². The largest absolute Gasteiger partial charge is 0.308 e. The molecule has 2 aromatic rings. The van der Waals surface area contributed by atoms with Gasteiger partial charge in [-0.1, -0.05) is 29.3 Å². The van der Waals surface area contributed by atoms with Gasteiger partial charge in [-0.15, -0.1) is 0 Å². The van der Waals surface area contributed by atoms with Crippen molar-refractivity contribution in [3.8, 4) is 0 Å². The molecule has 6 heteroatoms. The lowest BCUT2D eigenvalue weighted by atomic mass is 10.0. The molecule has 2 rings (SSSR count). The summed E-state index contributed by atoms with van der Waals surface area (Å²) >= 11 is 11.8. The first-order chi connectivity index (χ1) is 7.72. The van der Waals surface area contributed by atoms with Gasteiger partial charge in [0.15, 0.2) is 0 Å². The minimum atomic E-state index is -0.0477. The van der Waals surface area contributed by atoms with Crippen LogP contribution in [0.3, 0.4) is 0 Å². The van der Waals surface area contributed by atoms with E-state index in [9.17, 15) is 0 Å². The quantitative estimate of drug-likeness (QED) is 0.887. The molecule has 4 nitrogen and oxygen atoms in total. The fraction of sp³-hybridized carbons (Fsp3) is 0.200. The molecule has 0 aliphatic rings. The zero-order valence-electron chi connectivity index (χ0n) is 8.54. The molecule has 84 valence electrons. The van der Waals surface area contributed by atoms with Crippen molar-refractivity contribution in [2.75, 3.05) is 7.05 Å². The van der Waals surface area contributed by atoms with Gasteiger partial charge in [0.25, 0.3) is 0 Å². The number of aromatic nitrogens is 3. The molecule has 2 N–H and O–H groups in total. The van der Waals surface area contributed by atoms with Crippen molar-refractivity contribution in [3.63, 3.8) is 0 Å². The zero-order chi connectivity index (χ0) is 11.5. The molecule has 16 heavy (non-hydrogen) atoms. The van der Waals surface area contributed by atoms with E-state index in [0.717, 1.165) is 11.3 Å². The van der Waals surface area contributed by atoms with Gasteiger partial charge in [-0.2, -0.15) is 15.4 Å². The van der Waals surface area contributed by atoms with Crippen molar-refractivity contribution in [1.29, 1.82) is 0 Å². The number of hydrogen-bond acceptors (Lipinski definition) is 3. The second-order valence-corrected chi connectivity index (χ2v) is 4.10. The predicted molar refractivity (Wildman–Crippen MR) is 63.7 cm³/mol. The SMILES string of the molecule is CNC(c1ccc(Cl)c(Cl)c1)c1cn[nH]n1. The van der Waals surface area contributed by atoms with E-state index in [4.69, 9.17) is 23.2 Å². The van der Waals surface area contributed by atoms with E-state index in [0.29, 0.717) is 10.0 Å². The molecule has 1 unspecified atom stereocenters. The minimum Gasteiger partial charge on any atom is -0.308 e. The van der Waals surface area contributed by atoms with Crippen molar-refractivity contribution < 1.29 is 0 Å². The molecule has 0 aliphatic heterocycles. The lowest BCUT2D eigenvalue weighted by Crippen LogP contribution is -2.18. The van der Waals surface area contributed by atoms with Crippen LogP contribution in [-0.2, 0) is 0 Å². The third kappa shape index (κ3) is 2.19. The Labute approximate surface area is 103 Å². The molecule has 1 aromatic carbocycles. The Kier molecular flexibility index (Phi) is 3.43. The molecule has 0 bridgehead atoms. The molecule has 0 spiro atoms. The molecular formula is C10H10Cl2N4. The van der Waals surface area contributed by atoms with Gasteiger partial charge in [0.2, 0.25) is 0 Å². The fourth-order valence-corrected chi connectivity index (χ4v) is 1.83. The fourth-order valence-electron chi connectivity index (χ4n) is 1.53. The van der Waals surface area contributed by atoms with Crippen LogP contribution in [0.15, 0.2) is 24.4 Å². The highest BCUT2D eigenvalue weighted by Crippen LogP contribution is 2.27.